The minimum atomic E-state index is -3.16. The van der Waals surface area contributed by atoms with Crippen molar-refractivity contribution in [3.63, 3.8) is 0 Å². The zero-order chi connectivity index (χ0) is 22.3. The first kappa shape index (κ1) is 7.90. The van der Waals surface area contributed by atoms with Gasteiger partial charge in [-0.1, -0.05) is 0 Å². The van der Waals surface area contributed by atoms with Gasteiger partial charge in [-0.05, 0) is 27.7 Å². The lowest BCUT2D eigenvalue weighted by Crippen LogP contribution is -2.41. The van der Waals surface area contributed by atoms with E-state index in [1.165, 1.54) is 6.20 Å². The Bertz CT molecular complexity index is 764. The molecule has 0 spiro atoms. The molecule has 0 saturated carbocycles. The number of hydrogen-bond acceptors (Lipinski definition) is 6. The van der Waals surface area contributed by atoms with E-state index in [0.29, 0.717) is 0 Å². The SMILES string of the molecule is [2H]C1([2H])OC([2H])([2H])C([2H])([2H])N(c2cnc(B3OC(C)(C)C(C)(C)O3)cn2)C1([2H])[2H]. The minimum Gasteiger partial charge on any atom is -0.398 e. The number of rotatable bonds is 2. The molecular weight excluding hydrogens is 269 g/mol. The molecule has 0 N–H and O–H groups in total. The molecule has 2 fully saturated rings. The second-order valence-electron chi connectivity index (χ2n) is 5.75. The summed E-state index contributed by atoms with van der Waals surface area (Å²) in [5, 5.41) is 0. The van der Waals surface area contributed by atoms with Crippen molar-refractivity contribution in [3.8, 4) is 0 Å². The highest BCUT2D eigenvalue weighted by Gasteiger charge is 2.52. The van der Waals surface area contributed by atoms with Gasteiger partial charge in [0.25, 0.3) is 0 Å². The first-order valence-corrected chi connectivity index (χ1v) is 6.54. The molecule has 1 aromatic heterocycles. The van der Waals surface area contributed by atoms with Gasteiger partial charge in [-0.2, -0.15) is 0 Å². The summed E-state index contributed by atoms with van der Waals surface area (Å²) >= 11 is 0. The fourth-order valence-corrected chi connectivity index (χ4v) is 1.84. The molecule has 114 valence electrons. The summed E-state index contributed by atoms with van der Waals surface area (Å²) in [6.07, 6.45) is 2.22. The maximum Gasteiger partial charge on any atom is 0.516 e. The Balaban J connectivity index is 1.98. The van der Waals surface area contributed by atoms with Crippen LogP contribution in [0.25, 0.3) is 0 Å². The third-order valence-electron chi connectivity index (χ3n) is 3.80. The van der Waals surface area contributed by atoms with Crippen molar-refractivity contribution in [1.29, 1.82) is 0 Å². The van der Waals surface area contributed by atoms with Crippen LogP contribution in [0.15, 0.2) is 12.4 Å². The standard InChI is InChI=1S/C14H22BN3O3/c1-13(2)14(3,4)21-15(20-13)11-9-17-12(10-16-11)18-5-7-19-8-6-18/h9-10H,5-8H2,1-4H3/i5D2,6D2,7D2,8D2. The van der Waals surface area contributed by atoms with Crippen LogP contribution in [0, 0.1) is 0 Å². The quantitative estimate of drug-likeness (QED) is 0.746. The van der Waals surface area contributed by atoms with E-state index in [0.717, 1.165) is 6.20 Å². The Hall–Kier alpha value is -1.18. The summed E-state index contributed by atoms with van der Waals surface area (Å²) in [5.74, 6) is -0.406. The van der Waals surface area contributed by atoms with Crippen LogP contribution >= 0.6 is 0 Å². The molecule has 0 aliphatic carbocycles. The molecule has 0 bridgehead atoms. The van der Waals surface area contributed by atoms with Crippen LogP contribution in [-0.2, 0) is 14.0 Å². The lowest BCUT2D eigenvalue weighted by atomic mass is 9.85. The predicted octanol–water partition coefficient (Wildman–Crippen LogP) is 0.612. The van der Waals surface area contributed by atoms with Crippen molar-refractivity contribution in [1.82, 2.24) is 9.97 Å². The van der Waals surface area contributed by atoms with Gasteiger partial charge < -0.3 is 18.9 Å². The Kier molecular flexibility index (Phi) is 1.97. The van der Waals surface area contributed by atoms with E-state index < -0.39 is 50.3 Å². The molecule has 2 aliphatic heterocycles. The molecule has 2 aliphatic rings. The van der Waals surface area contributed by atoms with Crippen molar-refractivity contribution < 1.29 is 25.0 Å². The van der Waals surface area contributed by atoms with Crippen LogP contribution in [0.3, 0.4) is 0 Å². The summed E-state index contributed by atoms with van der Waals surface area (Å²) in [5.41, 5.74) is -0.986. The second kappa shape index (κ2) is 5.23. The molecule has 0 atom stereocenters. The average molecular weight is 299 g/mol. The molecule has 7 heteroatoms. The van der Waals surface area contributed by atoms with Crippen LogP contribution < -0.4 is 10.5 Å². The monoisotopic (exact) mass is 299 g/mol. The third kappa shape index (κ3) is 2.77. The van der Waals surface area contributed by atoms with Gasteiger partial charge >= 0.3 is 7.12 Å². The van der Waals surface area contributed by atoms with Gasteiger partial charge in [0.15, 0.2) is 0 Å². The van der Waals surface area contributed by atoms with Gasteiger partial charge in [-0.3, -0.25) is 4.98 Å². The molecule has 21 heavy (non-hydrogen) atoms. The molecule has 0 radical (unpaired) electrons. The maximum atomic E-state index is 8.05. The van der Waals surface area contributed by atoms with Crippen molar-refractivity contribution in [2.75, 3.05) is 31.0 Å². The van der Waals surface area contributed by atoms with Crippen LogP contribution in [-0.4, -0.2) is 54.4 Å². The van der Waals surface area contributed by atoms with E-state index in [2.05, 4.69) is 14.7 Å². The van der Waals surface area contributed by atoms with Gasteiger partial charge in [0.1, 0.15) is 5.82 Å². The van der Waals surface area contributed by atoms with Gasteiger partial charge in [0.05, 0.1) is 47.1 Å². The molecule has 0 amide bonds. The molecule has 0 aromatic carbocycles. The number of anilines is 1. The van der Waals surface area contributed by atoms with Gasteiger partial charge in [-0.15, -0.1) is 0 Å². The van der Waals surface area contributed by atoms with Gasteiger partial charge in [0, 0.05) is 19.2 Å². The van der Waals surface area contributed by atoms with E-state index in [4.69, 9.17) is 20.3 Å². The number of hydrogen-bond donors (Lipinski definition) is 0. The largest absolute Gasteiger partial charge is 0.516 e. The number of aromatic nitrogens is 2. The Morgan fingerprint density at radius 3 is 2.24 bits per heavy atom. The summed E-state index contributed by atoms with van der Waals surface area (Å²) in [6, 6.07) is 0. The zero-order valence-corrected chi connectivity index (χ0v) is 12.3. The normalized spacial score (nSPS) is 39.6. The number of ether oxygens (including phenoxy) is 1. The number of nitrogens with zero attached hydrogens (tertiary/aromatic N) is 3. The average Bonchev–Trinajstić information content (AvgIpc) is 2.73. The van der Waals surface area contributed by atoms with Crippen molar-refractivity contribution in [3.05, 3.63) is 12.4 Å². The summed E-state index contributed by atoms with van der Waals surface area (Å²) in [4.78, 5) is 8.39. The van der Waals surface area contributed by atoms with Crippen LogP contribution in [0.1, 0.15) is 38.7 Å². The van der Waals surface area contributed by atoms with Crippen LogP contribution in [0.5, 0.6) is 0 Å². The lowest BCUT2D eigenvalue weighted by Gasteiger charge is -2.32. The van der Waals surface area contributed by atoms with Crippen LogP contribution in [0.2, 0.25) is 0 Å². The van der Waals surface area contributed by atoms with E-state index >= 15 is 0 Å². The lowest BCUT2D eigenvalue weighted by molar-refractivity contribution is 0.00578. The highest BCUT2D eigenvalue weighted by molar-refractivity contribution is 6.61. The summed E-state index contributed by atoms with van der Waals surface area (Å²) in [7, 11) is -0.849. The first-order chi connectivity index (χ1) is 12.9. The van der Waals surface area contributed by atoms with Crippen molar-refractivity contribution in [2.45, 2.75) is 38.9 Å². The second-order valence-corrected chi connectivity index (χ2v) is 5.75. The molecule has 0 unspecified atom stereocenters. The molecular formula is C14H22BN3O3. The Labute approximate surface area is 137 Å². The first-order valence-electron chi connectivity index (χ1n) is 10.5. The Morgan fingerprint density at radius 1 is 1.10 bits per heavy atom. The molecule has 3 heterocycles. The Morgan fingerprint density at radius 2 is 1.71 bits per heavy atom. The molecule has 6 nitrogen and oxygen atoms in total. The highest BCUT2D eigenvalue weighted by atomic mass is 16.7. The molecule has 2 saturated heterocycles. The van der Waals surface area contributed by atoms with Gasteiger partial charge in [0.2, 0.25) is 0 Å². The van der Waals surface area contributed by atoms with Crippen molar-refractivity contribution >= 4 is 18.5 Å². The maximum absolute atomic E-state index is 8.05. The van der Waals surface area contributed by atoms with E-state index in [-0.39, 0.29) is 10.5 Å². The van der Waals surface area contributed by atoms with E-state index in [1.54, 1.807) is 0 Å². The molecule has 1 aromatic rings. The predicted molar refractivity (Wildman–Crippen MR) is 80.8 cm³/mol. The van der Waals surface area contributed by atoms with Crippen molar-refractivity contribution in [2.24, 2.45) is 0 Å². The van der Waals surface area contributed by atoms with E-state index in [1.807, 2.05) is 27.7 Å². The fourth-order valence-electron chi connectivity index (χ4n) is 1.84. The van der Waals surface area contributed by atoms with Crippen LogP contribution in [0.4, 0.5) is 5.82 Å². The number of morpholine rings is 1. The molecule has 3 rings (SSSR count). The minimum absolute atomic E-state index is 0.257. The highest BCUT2D eigenvalue weighted by Crippen LogP contribution is 2.36. The smallest absolute Gasteiger partial charge is 0.398 e. The summed E-state index contributed by atoms with van der Waals surface area (Å²) < 4.78 is 79.4. The third-order valence-corrected chi connectivity index (χ3v) is 3.80. The zero-order valence-electron chi connectivity index (χ0n) is 20.3. The summed E-state index contributed by atoms with van der Waals surface area (Å²) in [6.45, 7) is -5.05. The van der Waals surface area contributed by atoms with Gasteiger partial charge in [-0.25, -0.2) is 4.98 Å². The topological polar surface area (TPSA) is 56.7 Å². The fraction of sp³-hybridized carbons (Fsp3) is 0.714. The van der Waals surface area contributed by atoms with E-state index in [9.17, 15) is 0 Å².